The molecule has 2 rings (SSSR count). The molecule has 0 aromatic rings. The Morgan fingerprint density at radius 2 is 1.83 bits per heavy atom. The van der Waals surface area contributed by atoms with Crippen molar-refractivity contribution in [2.75, 3.05) is 45.9 Å². The van der Waals surface area contributed by atoms with Gasteiger partial charge in [0.2, 0.25) is 0 Å². The molecule has 2 heterocycles. The third-order valence-electron chi connectivity index (χ3n) is 4.35. The molecule has 2 fully saturated rings. The lowest BCUT2D eigenvalue weighted by molar-refractivity contribution is 0.00731. The summed E-state index contributed by atoms with van der Waals surface area (Å²) in [6.07, 6.45) is 1.02. The molecule has 0 aliphatic carbocycles. The van der Waals surface area contributed by atoms with Gasteiger partial charge in [0.15, 0.2) is 0 Å². The van der Waals surface area contributed by atoms with Crippen LogP contribution >= 0.6 is 0 Å². The summed E-state index contributed by atoms with van der Waals surface area (Å²) in [5.41, 5.74) is 6.48. The third-order valence-corrected chi connectivity index (χ3v) is 4.35. The summed E-state index contributed by atoms with van der Waals surface area (Å²) in [5, 5.41) is 0. The van der Waals surface area contributed by atoms with Crippen LogP contribution < -0.4 is 5.73 Å². The highest BCUT2D eigenvalue weighted by Crippen LogP contribution is 2.18. The van der Waals surface area contributed by atoms with Gasteiger partial charge in [-0.1, -0.05) is 0 Å². The Morgan fingerprint density at radius 1 is 1.17 bits per heavy atom. The molecule has 0 aromatic carbocycles. The maximum absolute atomic E-state index is 6.18. The van der Waals surface area contributed by atoms with Gasteiger partial charge < -0.3 is 15.4 Å². The highest BCUT2D eigenvalue weighted by Gasteiger charge is 2.29. The van der Waals surface area contributed by atoms with Gasteiger partial charge in [0.05, 0.1) is 6.61 Å². The molecule has 0 aromatic heterocycles. The van der Waals surface area contributed by atoms with Crippen LogP contribution in [-0.2, 0) is 4.74 Å². The fourth-order valence-corrected chi connectivity index (χ4v) is 2.93. The normalized spacial score (nSPS) is 32.7. The van der Waals surface area contributed by atoms with Crippen molar-refractivity contribution in [2.24, 2.45) is 11.7 Å². The predicted octanol–water partition coefficient (Wildman–Crippen LogP) is 0.766. The van der Waals surface area contributed by atoms with Crippen LogP contribution in [0.1, 0.15) is 27.2 Å². The highest BCUT2D eigenvalue weighted by atomic mass is 16.5. The zero-order valence-electron chi connectivity index (χ0n) is 12.2. The minimum Gasteiger partial charge on any atom is -0.381 e. The largest absolute Gasteiger partial charge is 0.381 e. The fourth-order valence-electron chi connectivity index (χ4n) is 2.93. The van der Waals surface area contributed by atoms with Crippen LogP contribution in [0.3, 0.4) is 0 Å². The summed E-state index contributed by atoms with van der Waals surface area (Å²) in [5.74, 6) is 0.528. The topological polar surface area (TPSA) is 41.7 Å². The Balaban J connectivity index is 1.76. The molecule has 2 aliphatic rings. The van der Waals surface area contributed by atoms with Gasteiger partial charge in [0.1, 0.15) is 0 Å². The SMILES string of the molecule is CC(C)(C)N1CCN(CC2COCCC2N)CC1. The van der Waals surface area contributed by atoms with Crippen molar-refractivity contribution in [3.8, 4) is 0 Å². The Kier molecular flexibility index (Phi) is 4.64. The van der Waals surface area contributed by atoms with E-state index < -0.39 is 0 Å². The van der Waals surface area contributed by atoms with Crippen molar-refractivity contribution >= 4 is 0 Å². The van der Waals surface area contributed by atoms with E-state index in [0.717, 1.165) is 26.2 Å². The maximum atomic E-state index is 6.18. The average Bonchev–Trinajstić information content (AvgIpc) is 2.32. The molecule has 106 valence electrons. The summed E-state index contributed by atoms with van der Waals surface area (Å²) in [7, 11) is 0. The monoisotopic (exact) mass is 255 g/mol. The van der Waals surface area contributed by atoms with Gasteiger partial charge >= 0.3 is 0 Å². The van der Waals surface area contributed by atoms with E-state index in [2.05, 4.69) is 30.6 Å². The Labute approximate surface area is 111 Å². The maximum Gasteiger partial charge on any atom is 0.0521 e. The zero-order valence-corrected chi connectivity index (χ0v) is 12.2. The minimum absolute atomic E-state index is 0.302. The molecule has 18 heavy (non-hydrogen) atoms. The zero-order chi connectivity index (χ0) is 13.2. The van der Waals surface area contributed by atoms with E-state index in [-0.39, 0.29) is 0 Å². The molecule has 2 saturated heterocycles. The first-order chi connectivity index (χ1) is 8.47. The van der Waals surface area contributed by atoms with Crippen molar-refractivity contribution in [3.05, 3.63) is 0 Å². The van der Waals surface area contributed by atoms with Crippen molar-refractivity contribution < 1.29 is 4.74 Å². The quantitative estimate of drug-likeness (QED) is 0.791. The molecule has 0 radical (unpaired) electrons. The first-order valence-corrected chi connectivity index (χ1v) is 7.27. The molecule has 2 atom stereocenters. The van der Waals surface area contributed by atoms with Gasteiger partial charge in [0.25, 0.3) is 0 Å². The lowest BCUT2D eigenvalue weighted by Crippen LogP contribution is -2.55. The van der Waals surface area contributed by atoms with E-state index in [9.17, 15) is 0 Å². The second-order valence-electron chi connectivity index (χ2n) is 6.75. The molecule has 4 heteroatoms. The molecular weight excluding hydrogens is 226 g/mol. The van der Waals surface area contributed by atoms with Crippen molar-refractivity contribution in [2.45, 2.75) is 38.8 Å². The highest BCUT2D eigenvalue weighted by molar-refractivity contribution is 4.85. The van der Waals surface area contributed by atoms with Gasteiger partial charge in [-0.2, -0.15) is 0 Å². The van der Waals surface area contributed by atoms with Crippen LogP contribution in [0.5, 0.6) is 0 Å². The van der Waals surface area contributed by atoms with Crippen LogP contribution in [0.4, 0.5) is 0 Å². The molecular formula is C14H29N3O. The van der Waals surface area contributed by atoms with Crippen LogP contribution in [0, 0.1) is 5.92 Å². The van der Waals surface area contributed by atoms with Crippen molar-refractivity contribution in [3.63, 3.8) is 0 Å². The van der Waals surface area contributed by atoms with Gasteiger partial charge in [-0.25, -0.2) is 0 Å². The molecule has 0 bridgehead atoms. The second-order valence-corrected chi connectivity index (χ2v) is 6.75. The van der Waals surface area contributed by atoms with Gasteiger partial charge in [-0.15, -0.1) is 0 Å². The summed E-state index contributed by atoms with van der Waals surface area (Å²) >= 11 is 0. The van der Waals surface area contributed by atoms with Crippen LogP contribution in [0.25, 0.3) is 0 Å². The molecule has 0 saturated carbocycles. The average molecular weight is 255 g/mol. The summed E-state index contributed by atoms with van der Waals surface area (Å²) < 4.78 is 5.55. The first-order valence-electron chi connectivity index (χ1n) is 7.27. The van der Waals surface area contributed by atoms with Gasteiger partial charge in [-0.3, -0.25) is 4.90 Å². The molecule has 0 spiro atoms. The summed E-state index contributed by atoms with van der Waals surface area (Å²) in [4.78, 5) is 5.13. The molecule has 2 aliphatic heterocycles. The number of piperazine rings is 1. The summed E-state index contributed by atoms with van der Waals surface area (Å²) in [6, 6.07) is 0.333. The number of nitrogens with zero attached hydrogens (tertiary/aromatic N) is 2. The van der Waals surface area contributed by atoms with Crippen LogP contribution in [0.15, 0.2) is 0 Å². The Hall–Kier alpha value is -0.160. The van der Waals surface area contributed by atoms with Gasteiger partial charge in [0, 0.05) is 56.8 Å². The van der Waals surface area contributed by atoms with Crippen molar-refractivity contribution in [1.29, 1.82) is 0 Å². The number of nitrogens with two attached hydrogens (primary N) is 1. The van der Waals surface area contributed by atoms with Crippen LogP contribution in [-0.4, -0.2) is 67.3 Å². The Morgan fingerprint density at radius 3 is 2.39 bits per heavy atom. The number of hydrogen-bond acceptors (Lipinski definition) is 4. The van der Waals surface area contributed by atoms with E-state index in [0.29, 0.717) is 17.5 Å². The second kappa shape index (κ2) is 5.87. The molecule has 4 nitrogen and oxygen atoms in total. The third kappa shape index (κ3) is 3.67. The predicted molar refractivity (Wildman–Crippen MR) is 74.7 cm³/mol. The lowest BCUT2D eigenvalue weighted by Gasteiger charge is -2.43. The Bertz CT molecular complexity index is 256. The lowest BCUT2D eigenvalue weighted by atomic mass is 9.95. The number of hydrogen-bond donors (Lipinski definition) is 1. The fraction of sp³-hybridized carbons (Fsp3) is 1.00. The smallest absolute Gasteiger partial charge is 0.0521 e. The minimum atomic E-state index is 0.302. The molecule has 0 amide bonds. The number of ether oxygens (including phenoxy) is 1. The number of rotatable bonds is 2. The van der Waals surface area contributed by atoms with E-state index in [4.69, 9.17) is 10.5 Å². The first kappa shape index (κ1) is 14.3. The van der Waals surface area contributed by atoms with Gasteiger partial charge in [-0.05, 0) is 27.2 Å². The van der Waals surface area contributed by atoms with E-state index >= 15 is 0 Å². The van der Waals surface area contributed by atoms with E-state index in [1.807, 2.05) is 0 Å². The van der Waals surface area contributed by atoms with Crippen LogP contribution in [0.2, 0.25) is 0 Å². The summed E-state index contributed by atoms with van der Waals surface area (Å²) in [6.45, 7) is 14.4. The van der Waals surface area contributed by atoms with Crippen molar-refractivity contribution in [1.82, 2.24) is 9.80 Å². The molecule has 2 unspecified atom stereocenters. The van der Waals surface area contributed by atoms with E-state index in [1.54, 1.807) is 0 Å². The molecule has 2 N–H and O–H groups in total. The van der Waals surface area contributed by atoms with E-state index in [1.165, 1.54) is 26.2 Å². The standard InChI is InChI=1S/C14H29N3O/c1-14(2,3)17-7-5-16(6-8-17)10-12-11-18-9-4-13(12)15/h12-13H,4-11,15H2,1-3H3.